The quantitative estimate of drug-likeness (QED) is 0.740. The number of anilines is 1. The van der Waals surface area contributed by atoms with Crippen molar-refractivity contribution in [3.05, 3.63) is 53.6 Å². The van der Waals surface area contributed by atoms with Gasteiger partial charge in [0, 0.05) is 12.1 Å². The minimum atomic E-state index is -3.54. The molecule has 2 N–H and O–H groups in total. The van der Waals surface area contributed by atoms with E-state index in [1.54, 1.807) is 13.0 Å². The largest absolute Gasteiger partial charge is 0.491 e. The normalized spacial score (nSPS) is 11.2. The summed E-state index contributed by atoms with van der Waals surface area (Å²) < 4.78 is 32.0. The van der Waals surface area contributed by atoms with Gasteiger partial charge in [0.05, 0.1) is 17.2 Å². The number of aryl methyl sites for hydroxylation is 1. The van der Waals surface area contributed by atoms with E-state index in [1.165, 1.54) is 24.3 Å². The van der Waals surface area contributed by atoms with Crippen LogP contribution in [0.1, 0.15) is 36.2 Å². The number of rotatable bonds is 8. The van der Waals surface area contributed by atoms with E-state index in [9.17, 15) is 13.2 Å². The molecule has 140 valence electrons. The second-order valence-corrected chi connectivity index (χ2v) is 7.59. The number of hydrogen-bond acceptors (Lipinski definition) is 4. The summed E-state index contributed by atoms with van der Waals surface area (Å²) in [6, 6.07) is 11.4. The molecule has 0 saturated carbocycles. The molecule has 0 fully saturated rings. The second-order valence-electron chi connectivity index (χ2n) is 5.83. The van der Waals surface area contributed by atoms with Crippen molar-refractivity contribution in [2.75, 3.05) is 18.5 Å². The third kappa shape index (κ3) is 5.06. The minimum absolute atomic E-state index is 0.123. The fraction of sp³-hybridized carbons (Fsp3) is 0.316. The Morgan fingerprint density at radius 1 is 1.08 bits per heavy atom. The van der Waals surface area contributed by atoms with Gasteiger partial charge < -0.3 is 10.1 Å². The van der Waals surface area contributed by atoms with Crippen LogP contribution in [0.5, 0.6) is 5.75 Å². The van der Waals surface area contributed by atoms with Gasteiger partial charge in [0.25, 0.3) is 5.91 Å². The van der Waals surface area contributed by atoms with Gasteiger partial charge in [0.2, 0.25) is 10.0 Å². The highest BCUT2D eigenvalue weighted by Crippen LogP contribution is 2.26. The van der Waals surface area contributed by atoms with Crippen LogP contribution in [0.4, 0.5) is 5.69 Å². The predicted octanol–water partition coefficient (Wildman–Crippen LogP) is 3.33. The van der Waals surface area contributed by atoms with E-state index in [2.05, 4.69) is 10.0 Å². The molecule has 0 spiro atoms. The lowest BCUT2D eigenvalue weighted by molar-refractivity contribution is 0.102. The lowest BCUT2D eigenvalue weighted by atomic mass is 10.2. The highest BCUT2D eigenvalue weighted by atomic mass is 32.2. The monoisotopic (exact) mass is 376 g/mol. The summed E-state index contributed by atoms with van der Waals surface area (Å²) in [6.45, 7) is 6.53. The van der Waals surface area contributed by atoms with Crippen molar-refractivity contribution >= 4 is 21.6 Å². The number of carbonyl (C=O) groups excluding carboxylic acids is 1. The van der Waals surface area contributed by atoms with E-state index in [1.807, 2.05) is 26.0 Å². The molecule has 2 aromatic rings. The van der Waals surface area contributed by atoms with Gasteiger partial charge in [-0.25, -0.2) is 13.1 Å². The first-order chi connectivity index (χ1) is 12.4. The van der Waals surface area contributed by atoms with Crippen LogP contribution in [0.2, 0.25) is 0 Å². The molecule has 2 aromatic carbocycles. The average Bonchev–Trinajstić information content (AvgIpc) is 2.62. The lowest BCUT2D eigenvalue weighted by Gasteiger charge is -2.13. The summed E-state index contributed by atoms with van der Waals surface area (Å²) in [6.07, 6.45) is 0.864. The highest BCUT2D eigenvalue weighted by molar-refractivity contribution is 7.89. The summed E-state index contributed by atoms with van der Waals surface area (Å²) in [5, 5.41) is 2.82. The maximum atomic E-state index is 12.5. The molecular weight excluding hydrogens is 352 g/mol. The van der Waals surface area contributed by atoms with Crippen LogP contribution in [-0.2, 0) is 10.0 Å². The molecule has 0 aliphatic heterocycles. The number of hydrogen-bond donors (Lipinski definition) is 2. The van der Waals surface area contributed by atoms with Gasteiger partial charge in [0.1, 0.15) is 5.75 Å². The SMILES string of the molecule is CCCOc1cc(C)ccc1NC(=O)c1ccc(S(=O)(=O)NCC)cc1. The number of benzene rings is 2. The van der Waals surface area contributed by atoms with Crippen LogP contribution >= 0.6 is 0 Å². The molecular formula is C19H24N2O4S. The van der Waals surface area contributed by atoms with Crippen LogP contribution < -0.4 is 14.8 Å². The zero-order valence-corrected chi connectivity index (χ0v) is 16.0. The van der Waals surface area contributed by atoms with Crippen molar-refractivity contribution in [2.45, 2.75) is 32.1 Å². The van der Waals surface area contributed by atoms with E-state index in [4.69, 9.17) is 4.74 Å². The molecule has 0 unspecified atom stereocenters. The van der Waals surface area contributed by atoms with Gasteiger partial charge in [-0.05, 0) is 55.3 Å². The summed E-state index contributed by atoms with van der Waals surface area (Å²) in [5.41, 5.74) is 1.98. The molecule has 0 aromatic heterocycles. The number of amides is 1. The maximum Gasteiger partial charge on any atom is 0.255 e. The predicted molar refractivity (Wildman–Crippen MR) is 102 cm³/mol. The summed E-state index contributed by atoms with van der Waals surface area (Å²) in [4.78, 5) is 12.6. The Morgan fingerprint density at radius 3 is 2.38 bits per heavy atom. The summed E-state index contributed by atoms with van der Waals surface area (Å²) in [5.74, 6) is 0.286. The molecule has 0 heterocycles. The molecule has 0 saturated heterocycles. The molecule has 26 heavy (non-hydrogen) atoms. The van der Waals surface area contributed by atoms with E-state index in [0.29, 0.717) is 30.2 Å². The number of carbonyl (C=O) groups is 1. The van der Waals surface area contributed by atoms with Crippen LogP contribution in [0, 0.1) is 6.92 Å². The molecule has 0 atom stereocenters. The molecule has 0 bridgehead atoms. The van der Waals surface area contributed by atoms with Crippen molar-refractivity contribution in [3.8, 4) is 5.75 Å². The molecule has 6 nitrogen and oxygen atoms in total. The molecule has 0 radical (unpaired) electrons. The fourth-order valence-electron chi connectivity index (χ4n) is 2.32. The van der Waals surface area contributed by atoms with Gasteiger partial charge in [-0.3, -0.25) is 4.79 Å². The molecule has 0 aliphatic carbocycles. The summed E-state index contributed by atoms with van der Waals surface area (Å²) in [7, 11) is -3.54. The van der Waals surface area contributed by atoms with Crippen molar-refractivity contribution in [1.82, 2.24) is 4.72 Å². The van der Waals surface area contributed by atoms with Gasteiger partial charge >= 0.3 is 0 Å². The Kier molecular flexibility index (Phi) is 6.76. The first-order valence-electron chi connectivity index (χ1n) is 8.52. The van der Waals surface area contributed by atoms with Crippen LogP contribution in [0.25, 0.3) is 0 Å². The minimum Gasteiger partial charge on any atom is -0.491 e. The van der Waals surface area contributed by atoms with E-state index in [0.717, 1.165) is 12.0 Å². The number of sulfonamides is 1. The first-order valence-corrected chi connectivity index (χ1v) is 10.00. The smallest absolute Gasteiger partial charge is 0.255 e. The Morgan fingerprint density at radius 2 is 1.77 bits per heavy atom. The Bertz CT molecular complexity index is 862. The highest BCUT2D eigenvalue weighted by Gasteiger charge is 2.15. The second kappa shape index (κ2) is 8.82. The third-order valence-corrected chi connectivity index (χ3v) is 5.17. The topological polar surface area (TPSA) is 84.5 Å². The van der Waals surface area contributed by atoms with Crippen LogP contribution in [-0.4, -0.2) is 27.5 Å². The summed E-state index contributed by atoms with van der Waals surface area (Å²) >= 11 is 0. The molecule has 0 aliphatic rings. The number of ether oxygens (including phenoxy) is 1. The Hall–Kier alpha value is -2.38. The maximum absolute atomic E-state index is 12.5. The molecule has 1 amide bonds. The van der Waals surface area contributed by atoms with Crippen LogP contribution in [0.3, 0.4) is 0 Å². The average molecular weight is 376 g/mol. The van der Waals surface area contributed by atoms with Gasteiger partial charge in [-0.15, -0.1) is 0 Å². The van der Waals surface area contributed by atoms with E-state index >= 15 is 0 Å². The van der Waals surface area contributed by atoms with E-state index in [-0.39, 0.29) is 10.8 Å². The van der Waals surface area contributed by atoms with Gasteiger partial charge in [-0.1, -0.05) is 19.9 Å². The Labute approximate surface area is 154 Å². The molecule has 7 heteroatoms. The van der Waals surface area contributed by atoms with Gasteiger partial charge in [-0.2, -0.15) is 0 Å². The van der Waals surface area contributed by atoms with Crippen molar-refractivity contribution in [3.63, 3.8) is 0 Å². The van der Waals surface area contributed by atoms with Crippen molar-refractivity contribution < 1.29 is 17.9 Å². The Balaban J connectivity index is 2.18. The lowest BCUT2D eigenvalue weighted by Crippen LogP contribution is -2.23. The standard InChI is InChI=1S/C19H24N2O4S/c1-4-12-25-18-13-14(3)6-11-17(18)21-19(22)15-7-9-16(10-8-15)26(23,24)20-5-2/h6-11,13,20H,4-5,12H2,1-3H3,(H,21,22). The molecule has 2 rings (SSSR count). The number of nitrogens with one attached hydrogen (secondary N) is 2. The third-order valence-electron chi connectivity index (χ3n) is 3.61. The zero-order valence-electron chi connectivity index (χ0n) is 15.2. The van der Waals surface area contributed by atoms with Crippen LogP contribution in [0.15, 0.2) is 47.4 Å². The van der Waals surface area contributed by atoms with Gasteiger partial charge in [0.15, 0.2) is 0 Å². The zero-order chi connectivity index (χ0) is 19.2. The van der Waals surface area contributed by atoms with E-state index < -0.39 is 10.0 Å². The van der Waals surface area contributed by atoms with Crippen molar-refractivity contribution in [1.29, 1.82) is 0 Å². The van der Waals surface area contributed by atoms with Crippen molar-refractivity contribution in [2.24, 2.45) is 0 Å². The first kappa shape index (κ1) is 19.9. The fourth-order valence-corrected chi connectivity index (χ4v) is 3.36.